The normalized spacial score (nSPS) is 18.2. The molecule has 1 atom stereocenters. The SMILES string of the molecule is Cn1cnnc1C1CCCN1C(=O)NCc1csc(C(C)(C)C)n1. The number of hydrogen-bond acceptors (Lipinski definition) is 5. The first-order valence-electron chi connectivity index (χ1n) is 8.19. The van der Waals surface area contributed by atoms with Crippen molar-refractivity contribution in [2.75, 3.05) is 6.54 Å². The average molecular weight is 348 g/mol. The molecule has 8 heteroatoms. The molecule has 0 aromatic carbocycles. The molecule has 0 aliphatic carbocycles. The summed E-state index contributed by atoms with van der Waals surface area (Å²) < 4.78 is 1.88. The molecule has 24 heavy (non-hydrogen) atoms. The lowest BCUT2D eigenvalue weighted by Crippen LogP contribution is -2.39. The maximum Gasteiger partial charge on any atom is 0.318 e. The highest BCUT2D eigenvalue weighted by Crippen LogP contribution is 2.30. The van der Waals surface area contributed by atoms with Crippen LogP contribution in [0.1, 0.15) is 56.2 Å². The molecular weight excluding hydrogens is 324 g/mol. The van der Waals surface area contributed by atoms with Gasteiger partial charge >= 0.3 is 6.03 Å². The maximum absolute atomic E-state index is 12.6. The van der Waals surface area contributed by atoms with E-state index in [2.05, 4.69) is 41.3 Å². The van der Waals surface area contributed by atoms with Crippen LogP contribution in [0.25, 0.3) is 0 Å². The van der Waals surface area contributed by atoms with E-state index in [4.69, 9.17) is 0 Å². The Labute approximate surface area is 146 Å². The Morgan fingerprint density at radius 1 is 1.46 bits per heavy atom. The summed E-state index contributed by atoms with van der Waals surface area (Å²) in [7, 11) is 1.91. The summed E-state index contributed by atoms with van der Waals surface area (Å²) in [6, 6.07) is -0.0659. The van der Waals surface area contributed by atoms with E-state index in [-0.39, 0.29) is 17.5 Å². The molecule has 2 aromatic heterocycles. The number of amides is 2. The summed E-state index contributed by atoms with van der Waals surface area (Å²) in [6.07, 6.45) is 3.58. The molecule has 0 saturated carbocycles. The summed E-state index contributed by atoms with van der Waals surface area (Å²) in [5.74, 6) is 0.839. The van der Waals surface area contributed by atoms with E-state index in [9.17, 15) is 4.79 Å². The third kappa shape index (κ3) is 3.43. The van der Waals surface area contributed by atoms with Gasteiger partial charge in [-0.25, -0.2) is 9.78 Å². The monoisotopic (exact) mass is 348 g/mol. The van der Waals surface area contributed by atoms with Gasteiger partial charge in [0.05, 0.1) is 23.3 Å². The first-order chi connectivity index (χ1) is 11.4. The van der Waals surface area contributed by atoms with Crippen molar-refractivity contribution in [3.63, 3.8) is 0 Å². The largest absolute Gasteiger partial charge is 0.332 e. The molecule has 1 saturated heterocycles. The van der Waals surface area contributed by atoms with Gasteiger partial charge in [0.1, 0.15) is 6.33 Å². The molecule has 3 heterocycles. The number of likely N-dealkylation sites (tertiary alicyclic amines) is 1. The van der Waals surface area contributed by atoms with Crippen molar-refractivity contribution in [1.29, 1.82) is 0 Å². The predicted octanol–water partition coefficient (Wildman–Crippen LogP) is 2.62. The number of rotatable bonds is 3. The Kier molecular flexibility index (Phi) is 4.58. The number of carbonyl (C=O) groups excluding carboxylic acids is 1. The lowest BCUT2D eigenvalue weighted by Gasteiger charge is -2.24. The van der Waals surface area contributed by atoms with Crippen molar-refractivity contribution < 1.29 is 4.79 Å². The third-order valence-electron chi connectivity index (χ3n) is 4.17. The Morgan fingerprint density at radius 2 is 2.25 bits per heavy atom. The molecule has 2 amide bonds. The number of carbonyl (C=O) groups is 1. The number of aromatic nitrogens is 4. The van der Waals surface area contributed by atoms with Gasteiger partial charge in [-0.05, 0) is 12.8 Å². The van der Waals surface area contributed by atoms with Crippen molar-refractivity contribution in [2.24, 2.45) is 7.05 Å². The maximum atomic E-state index is 12.6. The number of thiazole rings is 1. The minimum absolute atomic E-state index is 0.00179. The number of nitrogens with zero attached hydrogens (tertiary/aromatic N) is 5. The van der Waals surface area contributed by atoms with E-state index in [1.54, 1.807) is 17.7 Å². The van der Waals surface area contributed by atoms with Gasteiger partial charge in [0.15, 0.2) is 5.82 Å². The van der Waals surface area contributed by atoms with Crippen LogP contribution < -0.4 is 5.32 Å². The molecule has 3 rings (SSSR count). The minimum atomic E-state index is -0.0641. The summed E-state index contributed by atoms with van der Waals surface area (Å²) in [6.45, 7) is 7.62. The fourth-order valence-corrected chi connectivity index (χ4v) is 3.78. The standard InChI is InChI=1S/C16H24N6OS/c1-16(2,3)14-19-11(9-24-14)8-17-15(23)22-7-5-6-12(22)13-20-18-10-21(13)4/h9-10,12H,5-8H2,1-4H3,(H,17,23). The Bertz CT molecular complexity index is 716. The van der Waals surface area contributed by atoms with Crippen LogP contribution in [0.4, 0.5) is 4.79 Å². The highest BCUT2D eigenvalue weighted by atomic mass is 32.1. The topological polar surface area (TPSA) is 75.9 Å². The van der Waals surface area contributed by atoms with Crippen LogP contribution in [0.2, 0.25) is 0 Å². The molecule has 1 aliphatic heterocycles. The van der Waals surface area contributed by atoms with Crippen LogP contribution in [0.5, 0.6) is 0 Å². The molecule has 1 N–H and O–H groups in total. The number of nitrogens with one attached hydrogen (secondary N) is 1. The smallest absolute Gasteiger partial charge is 0.318 e. The zero-order chi connectivity index (χ0) is 17.3. The van der Waals surface area contributed by atoms with Gasteiger partial charge in [-0.3, -0.25) is 0 Å². The van der Waals surface area contributed by atoms with Crippen molar-refractivity contribution in [3.8, 4) is 0 Å². The number of hydrogen-bond donors (Lipinski definition) is 1. The second kappa shape index (κ2) is 6.51. The van der Waals surface area contributed by atoms with Gasteiger partial charge in [-0.1, -0.05) is 20.8 Å². The quantitative estimate of drug-likeness (QED) is 0.925. The van der Waals surface area contributed by atoms with Gasteiger partial charge < -0.3 is 14.8 Å². The summed E-state index contributed by atoms with van der Waals surface area (Å²) >= 11 is 1.64. The van der Waals surface area contributed by atoms with Crippen LogP contribution in [-0.2, 0) is 19.0 Å². The van der Waals surface area contributed by atoms with E-state index in [1.807, 2.05) is 21.9 Å². The van der Waals surface area contributed by atoms with E-state index >= 15 is 0 Å². The lowest BCUT2D eigenvalue weighted by molar-refractivity contribution is 0.189. The van der Waals surface area contributed by atoms with Crippen LogP contribution >= 0.6 is 11.3 Å². The molecule has 0 spiro atoms. The van der Waals surface area contributed by atoms with Crippen molar-refractivity contribution in [2.45, 2.75) is 51.6 Å². The van der Waals surface area contributed by atoms with E-state index < -0.39 is 0 Å². The van der Waals surface area contributed by atoms with E-state index in [0.29, 0.717) is 6.54 Å². The molecule has 1 fully saturated rings. The second-order valence-corrected chi connectivity index (χ2v) is 8.06. The first kappa shape index (κ1) is 16.9. The lowest BCUT2D eigenvalue weighted by atomic mass is 9.98. The zero-order valence-corrected chi connectivity index (χ0v) is 15.4. The summed E-state index contributed by atoms with van der Waals surface area (Å²) in [5, 5.41) is 14.2. The summed E-state index contributed by atoms with van der Waals surface area (Å²) in [5.41, 5.74) is 0.950. The molecule has 1 unspecified atom stereocenters. The molecule has 2 aromatic rings. The number of urea groups is 1. The second-order valence-electron chi connectivity index (χ2n) is 7.20. The van der Waals surface area contributed by atoms with Gasteiger partial charge in [-0.2, -0.15) is 0 Å². The van der Waals surface area contributed by atoms with Gasteiger partial charge in [0, 0.05) is 24.4 Å². The average Bonchev–Trinajstić information content (AvgIpc) is 3.23. The highest BCUT2D eigenvalue weighted by Gasteiger charge is 2.32. The first-order valence-corrected chi connectivity index (χ1v) is 9.07. The third-order valence-corrected chi connectivity index (χ3v) is 5.49. The fourth-order valence-electron chi connectivity index (χ4n) is 2.87. The van der Waals surface area contributed by atoms with Crippen LogP contribution in [0.3, 0.4) is 0 Å². The van der Waals surface area contributed by atoms with Gasteiger partial charge in [0.2, 0.25) is 0 Å². The Balaban J connectivity index is 1.62. The fraction of sp³-hybridized carbons (Fsp3) is 0.625. The van der Waals surface area contributed by atoms with Gasteiger partial charge in [0.25, 0.3) is 0 Å². The minimum Gasteiger partial charge on any atom is -0.332 e. The van der Waals surface area contributed by atoms with E-state index in [1.165, 1.54) is 0 Å². The highest BCUT2D eigenvalue weighted by molar-refractivity contribution is 7.09. The molecule has 0 radical (unpaired) electrons. The summed E-state index contributed by atoms with van der Waals surface area (Å²) in [4.78, 5) is 19.0. The van der Waals surface area contributed by atoms with Crippen molar-refractivity contribution >= 4 is 17.4 Å². The van der Waals surface area contributed by atoms with Crippen LogP contribution in [-0.4, -0.2) is 37.2 Å². The zero-order valence-electron chi connectivity index (χ0n) is 14.6. The molecule has 0 bridgehead atoms. The predicted molar refractivity (Wildman–Crippen MR) is 92.7 cm³/mol. The van der Waals surface area contributed by atoms with Gasteiger partial charge in [-0.15, -0.1) is 21.5 Å². The number of aryl methyl sites for hydroxylation is 1. The molecule has 130 valence electrons. The van der Waals surface area contributed by atoms with E-state index in [0.717, 1.165) is 35.9 Å². The van der Waals surface area contributed by atoms with Crippen LogP contribution in [0, 0.1) is 0 Å². The Hall–Kier alpha value is -1.96. The van der Waals surface area contributed by atoms with Crippen LogP contribution in [0.15, 0.2) is 11.7 Å². The van der Waals surface area contributed by atoms with Crippen molar-refractivity contribution in [1.82, 2.24) is 30.0 Å². The van der Waals surface area contributed by atoms with Crippen molar-refractivity contribution in [3.05, 3.63) is 28.2 Å². The molecule has 1 aliphatic rings. The Morgan fingerprint density at radius 3 is 2.88 bits per heavy atom. The molecule has 7 nitrogen and oxygen atoms in total. The molecular formula is C16H24N6OS.